The van der Waals surface area contributed by atoms with E-state index in [1.54, 1.807) is 4.90 Å². The number of hydrogen-bond acceptors (Lipinski definition) is 5. The smallest absolute Gasteiger partial charge is 0.229 e. The second-order valence-electron chi connectivity index (χ2n) is 6.87. The summed E-state index contributed by atoms with van der Waals surface area (Å²) >= 11 is 1.36. The van der Waals surface area contributed by atoms with Gasteiger partial charge in [-0.3, -0.25) is 9.59 Å². The first kappa shape index (κ1) is 18.5. The van der Waals surface area contributed by atoms with Gasteiger partial charge in [-0.1, -0.05) is 43.7 Å². The molecule has 2 atom stereocenters. The van der Waals surface area contributed by atoms with Crippen LogP contribution in [0.2, 0.25) is 0 Å². The lowest BCUT2D eigenvalue weighted by Crippen LogP contribution is -2.24. The molecule has 26 heavy (non-hydrogen) atoms. The van der Waals surface area contributed by atoms with Crippen LogP contribution in [0.4, 0.5) is 10.8 Å². The fraction of sp³-hybridized carbons (Fsp3) is 0.474. The Morgan fingerprint density at radius 1 is 1.42 bits per heavy atom. The van der Waals surface area contributed by atoms with Gasteiger partial charge in [0.2, 0.25) is 16.9 Å². The second kappa shape index (κ2) is 7.95. The molecule has 1 aromatic carbocycles. The Morgan fingerprint density at radius 2 is 2.23 bits per heavy atom. The van der Waals surface area contributed by atoms with Gasteiger partial charge < -0.3 is 10.2 Å². The Kier molecular flexibility index (Phi) is 5.66. The van der Waals surface area contributed by atoms with Gasteiger partial charge in [0, 0.05) is 30.5 Å². The summed E-state index contributed by atoms with van der Waals surface area (Å²) in [5, 5.41) is 12.4. The van der Waals surface area contributed by atoms with Crippen molar-refractivity contribution in [2.24, 2.45) is 5.92 Å². The molecule has 1 aliphatic rings. The van der Waals surface area contributed by atoms with Crippen LogP contribution in [0.3, 0.4) is 0 Å². The summed E-state index contributed by atoms with van der Waals surface area (Å²) in [5.41, 5.74) is 2.05. The monoisotopic (exact) mass is 372 g/mol. The van der Waals surface area contributed by atoms with Crippen molar-refractivity contribution in [3.05, 3.63) is 34.8 Å². The predicted molar refractivity (Wildman–Crippen MR) is 104 cm³/mol. The fourth-order valence-electron chi connectivity index (χ4n) is 3.16. The Hall–Kier alpha value is -2.28. The van der Waals surface area contributed by atoms with Gasteiger partial charge in [0.25, 0.3) is 0 Å². The van der Waals surface area contributed by atoms with E-state index in [0.717, 1.165) is 29.1 Å². The molecular weight excluding hydrogens is 348 g/mol. The van der Waals surface area contributed by atoms with E-state index in [1.165, 1.54) is 11.3 Å². The zero-order valence-electron chi connectivity index (χ0n) is 15.4. The second-order valence-corrected chi connectivity index (χ2v) is 7.88. The van der Waals surface area contributed by atoms with Gasteiger partial charge in [-0.25, -0.2) is 0 Å². The number of anilines is 2. The molecule has 2 heterocycles. The number of carbonyl (C=O) groups is 2. The maximum Gasteiger partial charge on any atom is 0.229 e. The Bertz CT molecular complexity index is 804. The third kappa shape index (κ3) is 4.09. The maximum absolute atomic E-state index is 12.4. The molecule has 3 rings (SSSR count). The number of hydrogen-bond donors (Lipinski definition) is 1. The highest BCUT2D eigenvalue weighted by molar-refractivity contribution is 7.15. The Balaban J connectivity index is 1.67. The molecular formula is C19H24N4O2S. The van der Waals surface area contributed by atoms with Crippen molar-refractivity contribution in [3.8, 4) is 0 Å². The van der Waals surface area contributed by atoms with Crippen molar-refractivity contribution < 1.29 is 9.59 Å². The number of rotatable bonds is 6. The molecule has 0 saturated carbocycles. The molecule has 2 amide bonds. The van der Waals surface area contributed by atoms with Crippen LogP contribution in [0.25, 0.3) is 0 Å². The average molecular weight is 372 g/mol. The fourth-order valence-corrected chi connectivity index (χ4v) is 4.00. The molecule has 6 nitrogen and oxygen atoms in total. The first-order valence-corrected chi connectivity index (χ1v) is 9.81. The van der Waals surface area contributed by atoms with E-state index in [0.29, 0.717) is 18.1 Å². The molecule has 1 N–H and O–H groups in total. The number of nitrogens with one attached hydrogen (secondary N) is 1. The van der Waals surface area contributed by atoms with Crippen LogP contribution in [0.1, 0.15) is 49.6 Å². The van der Waals surface area contributed by atoms with Crippen molar-refractivity contribution >= 4 is 34.0 Å². The van der Waals surface area contributed by atoms with Gasteiger partial charge in [0.05, 0.1) is 0 Å². The summed E-state index contributed by atoms with van der Waals surface area (Å²) in [6.07, 6.45) is 2.23. The summed E-state index contributed by atoms with van der Waals surface area (Å²) in [5.74, 6) is 0.0350. The standard InChI is InChI=1S/C19H24N4O2S/c1-4-6-13(3)17(25)20-19-22-21-18(26-19)14-10-16(24)23(11-14)15-8-5-7-12(2)9-15/h5,7-9,13-14H,4,6,10-11H2,1-3H3,(H,20,22,25). The van der Waals surface area contributed by atoms with Crippen LogP contribution in [0, 0.1) is 12.8 Å². The molecule has 1 fully saturated rings. The first-order valence-electron chi connectivity index (χ1n) is 8.99. The lowest BCUT2D eigenvalue weighted by atomic mass is 10.1. The molecule has 7 heteroatoms. The van der Waals surface area contributed by atoms with E-state index >= 15 is 0 Å². The van der Waals surface area contributed by atoms with Crippen LogP contribution >= 0.6 is 11.3 Å². The van der Waals surface area contributed by atoms with E-state index in [9.17, 15) is 9.59 Å². The van der Waals surface area contributed by atoms with Crippen LogP contribution in [-0.2, 0) is 9.59 Å². The summed E-state index contributed by atoms with van der Waals surface area (Å²) in [6.45, 7) is 6.58. The molecule has 0 spiro atoms. The molecule has 138 valence electrons. The number of benzene rings is 1. The van der Waals surface area contributed by atoms with Crippen molar-refractivity contribution in [2.45, 2.75) is 46.0 Å². The van der Waals surface area contributed by atoms with Gasteiger partial charge >= 0.3 is 0 Å². The largest absolute Gasteiger partial charge is 0.312 e. The van der Waals surface area contributed by atoms with Crippen molar-refractivity contribution in [1.82, 2.24) is 10.2 Å². The highest BCUT2D eigenvalue weighted by Crippen LogP contribution is 2.34. The predicted octanol–water partition coefficient (Wildman–Crippen LogP) is 3.74. The van der Waals surface area contributed by atoms with Gasteiger partial charge in [0.15, 0.2) is 0 Å². The maximum atomic E-state index is 12.4. The van der Waals surface area contributed by atoms with Crippen molar-refractivity contribution in [1.29, 1.82) is 0 Å². The Morgan fingerprint density at radius 3 is 2.96 bits per heavy atom. The van der Waals surface area contributed by atoms with E-state index in [1.807, 2.05) is 38.1 Å². The minimum atomic E-state index is -0.0442. The molecule has 1 aromatic heterocycles. The number of amides is 2. The van der Waals surface area contributed by atoms with Crippen LogP contribution in [0.5, 0.6) is 0 Å². The van der Waals surface area contributed by atoms with E-state index < -0.39 is 0 Å². The molecule has 2 unspecified atom stereocenters. The van der Waals surface area contributed by atoms with Gasteiger partial charge in [-0.15, -0.1) is 10.2 Å². The van der Waals surface area contributed by atoms with Gasteiger partial charge in [0.1, 0.15) is 5.01 Å². The molecule has 2 aromatic rings. The first-order chi connectivity index (χ1) is 12.5. The SMILES string of the molecule is CCCC(C)C(=O)Nc1nnc(C2CC(=O)N(c3cccc(C)c3)C2)s1. The molecule has 1 aliphatic heterocycles. The molecule has 0 bridgehead atoms. The zero-order chi connectivity index (χ0) is 18.7. The number of aryl methyl sites for hydroxylation is 1. The molecule has 1 saturated heterocycles. The summed E-state index contributed by atoms with van der Waals surface area (Å²) in [6, 6.07) is 7.94. The van der Waals surface area contributed by atoms with Crippen LogP contribution < -0.4 is 10.2 Å². The summed E-state index contributed by atoms with van der Waals surface area (Å²) in [7, 11) is 0. The van der Waals surface area contributed by atoms with Gasteiger partial charge in [-0.2, -0.15) is 0 Å². The number of aromatic nitrogens is 2. The van der Waals surface area contributed by atoms with Crippen LogP contribution in [-0.4, -0.2) is 28.6 Å². The highest BCUT2D eigenvalue weighted by Gasteiger charge is 2.34. The summed E-state index contributed by atoms with van der Waals surface area (Å²) < 4.78 is 0. The molecule has 0 radical (unpaired) electrons. The van der Waals surface area contributed by atoms with E-state index in [4.69, 9.17) is 0 Å². The van der Waals surface area contributed by atoms with E-state index in [2.05, 4.69) is 22.4 Å². The van der Waals surface area contributed by atoms with Gasteiger partial charge in [-0.05, 0) is 31.0 Å². The highest BCUT2D eigenvalue weighted by atomic mass is 32.1. The van der Waals surface area contributed by atoms with E-state index in [-0.39, 0.29) is 23.7 Å². The lowest BCUT2D eigenvalue weighted by Gasteiger charge is -2.16. The molecule has 0 aliphatic carbocycles. The topological polar surface area (TPSA) is 75.2 Å². The third-order valence-electron chi connectivity index (χ3n) is 4.63. The zero-order valence-corrected chi connectivity index (χ0v) is 16.2. The lowest BCUT2D eigenvalue weighted by molar-refractivity contribution is -0.119. The normalized spacial score (nSPS) is 18.2. The quantitative estimate of drug-likeness (QED) is 0.838. The minimum Gasteiger partial charge on any atom is -0.312 e. The third-order valence-corrected chi connectivity index (χ3v) is 5.63. The minimum absolute atomic E-state index is 0.0132. The average Bonchev–Trinajstić information content (AvgIpc) is 3.21. The Labute approximate surface area is 157 Å². The van der Waals surface area contributed by atoms with Crippen molar-refractivity contribution in [2.75, 3.05) is 16.8 Å². The van der Waals surface area contributed by atoms with Crippen molar-refractivity contribution in [3.63, 3.8) is 0 Å². The number of nitrogens with zero attached hydrogens (tertiary/aromatic N) is 3. The van der Waals surface area contributed by atoms with Crippen LogP contribution in [0.15, 0.2) is 24.3 Å². The summed E-state index contributed by atoms with van der Waals surface area (Å²) in [4.78, 5) is 26.4. The number of carbonyl (C=O) groups excluding carboxylic acids is 2.